The van der Waals surface area contributed by atoms with E-state index in [0.717, 1.165) is 10.8 Å². The number of nitrogens with zero attached hydrogens (tertiary/aromatic N) is 4. The first-order chi connectivity index (χ1) is 19.0. The van der Waals surface area contributed by atoms with Gasteiger partial charge in [0.25, 0.3) is 13.0 Å². The zero-order valence-electron chi connectivity index (χ0n) is 22.5. The molecule has 0 aromatic carbocycles. The normalized spacial score (nSPS) is 23.8. The molecule has 0 amide bonds. The highest BCUT2D eigenvalue weighted by Crippen LogP contribution is 2.79. The van der Waals surface area contributed by atoms with Gasteiger partial charge in [0.15, 0.2) is 5.12 Å². The first-order valence-corrected chi connectivity index (χ1v) is 17.4. The van der Waals surface area contributed by atoms with Crippen molar-refractivity contribution in [2.45, 2.75) is 57.9 Å². The lowest BCUT2D eigenvalue weighted by atomic mass is 10.00. The summed E-state index contributed by atoms with van der Waals surface area (Å²) in [6.45, 7) is 4.24. The number of carbonyl (C=O) groups excluding carboxylic acids is 1. The fourth-order valence-corrected chi connectivity index (χ4v) is 8.53. The Morgan fingerprint density at radius 2 is 1.90 bits per heavy atom. The van der Waals surface area contributed by atoms with E-state index in [-0.39, 0.29) is 22.9 Å². The summed E-state index contributed by atoms with van der Waals surface area (Å²) >= 11 is 0.610. The molecule has 42 heavy (non-hydrogen) atoms. The molecule has 1 fully saturated rings. The van der Waals surface area contributed by atoms with Crippen molar-refractivity contribution in [3.8, 4) is 0 Å². The van der Waals surface area contributed by atoms with Gasteiger partial charge >= 0.3 is 26.3 Å². The molecule has 3 unspecified atom stereocenters. The Balaban J connectivity index is 2.09. The Morgan fingerprint density at radius 3 is 2.48 bits per heavy atom. The Labute approximate surface area is 242 Å². The molecule has 2 heterocycles. The van der Waals surface area contributed by atoms with Crippen molar-refractivity contribution in [3.05, 3.63) is 43.0 Å². The van der Waals surface area contributed by atoms with Crippen LogP contribution in [0.5, 0.6) is 0 Å². The maximum atomic E-state index is 14.6. The molecular weight excluding hydrogens is 652 g/mol. The lowest BCUT2D eigenvalue weighted by Gasteiger charge is -2.28. The monoisotopic (exact) mass is 679 g/mol. The molecule has 1 aromatic heterocycles. The van der Waals surface area contributed by atoms with Gasteiger partial charge in [-0.1, -0.05) is 37.6 Å². The maximum absolute atomic E-state index is 14.6. The minimum atomic E-state index is -6.66. The maximum Gasteiger partial charge on any atom is 0.444 e. The van der Waals surface area contributed by atoms with Gasteiger partial charge in [-0.2, -0.15) is 8.78 Å². The average Bonchev–Trinajstić information content (AvgIpc) is 3.24. The minimum Gasteiger partial charge on any atom is -0.352 e. The highest BCUT2D eigenvalue weighted by Gasteiger charge is 2.67. The topological polar surface area (TPSA) is 249 Å². The lowest BCUT2D eigenvalue weighted by Crippen LogP contribution is -2.33. The second-order valence-electron chi connectivity index (χ2n) is 9.80. The Kier molecular flexibility index (Phi) is 11.8. The molecule has 0 aliphatic carbocycles. The van der Waals surface area contributed by atoms with E-state index in [4.69, 9.17) is 17.8 Å². The minimum absolute atomic E-state index is 0.125. The molecule has 234 valence electrons. The van der Waals surface area contributed by atoms with Crippen LogP contribution in [0.3, 0.4) is 0 Å². The molecule has 2 rings (SSSR count). The van der Waals surface area contributed by atoms with Gasteiger partial charge in [0.1, 0.15) is 6.23 Å². The SMILES string of the molecule is [B]P(=O)(OC[C@H]1O[C@@H](n2cc(C)c(=O)[nH]c2=O)C[C@H]1N=[N+]=[N-])OP(=O)(O)C(F)(F)P(=O)(O)OCCSC(=O)C(C)(C)C. The Hall–Kier alpha value is -1.62. The average molecular weight is 679 g/mol. The number of hydrogen-bond donors (Lipinski definition) is 3. The Bertz CT molecular complexity index is 1500. The van der Waals surface area contributed by atoms with Crippen molar-refractivity contribution in [2.75, 3.05) is 19.0 Å². The van der Waals surface area contributed by atoms with Gasteiger partial charge in [-0.05, 0) is 12.5 Å². The summed E-state index contributed by atoms with van der Waals surface area (Å²) in [5, 5.41) is -2.48. The van der Waals surface area contributed by atoms with Crippen LogP contribution in [0.4, 0.5) is 8.78 Å². The number of halogens is 2. The summed E-state index contributed by atoms with van der Waals surface area (Å²) < 4.78 is 85.4. The predicted molar refractivity (Wildman–Crippen MR) is 145 cm³/mol. The highest BCUT2D eigenvalue weighted by atomic mass is 32.2. The smallest absolute Gasteiger partial charge is 0.352 e. The summed E-state index contributed by atoms with van der Waals surface area (Å²) in [5.74, 6) is -0.356. The molecule has 0 spiro atoms. The van der Waals surface area contributed by atoms with Crippen LogP contribution in [0.15, 0.2) is 20.9 Å². The van der Waals surface area contributed by atoms with Crippen LogP contribution in [0.1, 0.15) is 39.0 Å². The van der Waals surface area contributed by atoms with E-state index in [1.165, 1.54) is 6.92 Å². The molecule has 24 heteroatoms. The van der Waals surface area contributed by atoms with E-state index in [2.05, 4.69) is 23.4 Å². The predicted octanol–water partition coefficient (Wildman–Crippen LogP) is 3.36. The Morgan fingerprint density at radius 1 is 1.29 bits per heavy atom. The molecule has 1 aliphatic rings. The van der Waals surface area contributed by atoms with Gasteiger partial charge in [-0.25, -0.2) is 9.11 Å². The van der Waals surface area contributed by atoms with Crippen molar-refractivity contribution in [1.29, 1.82) is 0 Å². The molecule has 2 radical (unpaired) electrons. The molecule has 0 saturated carbocycles. The number of azide groups is 1. The van der Waals surface area contributed by atoms with Crippen LogP contribution in [0.25, 0.3) is 10.4 Å². The lowest BCUT2D eigenvalue weighted by molar-refractivity contribution is -0.117. The number of ether oxygens (including phenoxy) is 1. The quantitative estimate of drug-likeness (QED) is 0.0676. The molecule has 0 bridgehead atoms. The standard InChI is InChI=1S/C18H27BF2N5O12P3S/c1-10-8-26(16(29)23-14(10)27)13-7-11(24-25-22)12(37-13)9-36-41(19,34)38-40(32,33)18(20,21)39(30,31)35-5-6-42-15(28)17(2,3)4/h8,11-13H,5-7,9H2,1-4H3,(H,30,31)(H,32,33)(H,23,27,29)/t11-,12-,13-,41?/m1/s1. The van der Waals surface area contributed by atoms with Gasteiger partial charge in [0, 0.05) is 34.3 Å². The van der Waals surface area contributed by atoms with Crippen molar-refractivity contribution in [3.63, 3.8) is 0 Å². The van der Waals surface area contributed by atoms with E-state index < -0.39 is 76.3 Å². The van der Waals surface area contributed by atoms with Gasteiger partial charge in [0.2, 0.25) is 7.57 Å². The third-order valence-corrected chi connectivity index (χ3v) is 12.3. The summed E-state index contributed by atoms with van der Waals surface area (Å²) in [6, 6.07) is -1.13. The number of rotatable bonds is 13. The number of thioether (sulfide) groups is 1. The van der Waals surface area contributed by atoms with Crippen molar-refractivity contribution >= 4 is 47.1 Å². The summed E-state index contributed by atoms with van der Waals surface area (Å²) in [7, 11) is -13.2. The van der Waals surface area contributed by atoms with Crippen molar-refractivity contribution in [2.24, 2.45) is 10.5 Å². The van der Waals surface area contributed by atoms with Crippen molar-refractivity contribution in [1.82, 2.24) is 9.55 Å². The summed E-state index contributed by atoms with van der Waals surface area (Å²) in [6.07, 6.45) is -1.54. The largest absolute Gasteiger partial charge is 0.444 e. The van der Waals surface area contributed by atoms with Gasteiger partial charge < -0.3 is 23.6 Å². The molecular formula is C18H27BF2N5O12P3S. The zero-order chi connectivity index (χ0) is 32.3. The van der Waals surface area contributed by atoms with Crippen LogP contribution in [-0.2, 0) is 36.6 Å². The number of alkyl halides is 2. The molecule has 3 N–H and O–H groups in total. The number of H-pyrrole nitrogens is 1. The highest BCUT2D eigenvalue weighted by molar-refractivity contribution is 8.13. The van der Waals surface area contributed by atoms with Gasteiger partial charge in [-0.15, -0.1) is 0 Å². The number of nitrogens with one attached hydrogen (secondary N) is 1. The molecule has 6 atom stereocenters. The first kappa shape index (κ1) is 36.6. The molecule has 1 aromatic rings. The number of aromatic nitrogens is 2. The number of aromatic amines is 1. The number of carbonyl (C=O) groups is 1. The fourth-order valence-electron chi connectivity index (χ4n) is 3.18. The van der Waals surface area contributed by atoms with E-state index in [9.17, 15) is 46.6 Å². The second-order valence-corrected chi connectivity index (χ2v) is 16.7. The van der Waals surface area contributed by atoms with Crippen molar-refractivity contribution < 1.29 is 55.2 Å². The van der Waals surface area contributed by atoms with E-state index in [1.807, 2.05) is 4.98 Å². The first-order valence-electron chi connectivity index (χ1n) is 11.7. The van der Waals surface area contributed by atoms with E-state index in [1.54, 1.807) is 20.8 Å². The fraction of sp³-hybridized carbons (Fsp3) is 0.722. The van der Waals surface area contributed by atoms with Crippen LogP contribution >= 0.6 is 34.4 Å². The molecule has 1 aliphatic heterocycles. The summed E-state index contributed by atoms with van der Waals surface area (Å²) in [4.78, 5) is 59.7. The molecule has 1 saturated heterocycles. The molecule has 17 nitrogen and oxygen atoms in total. The van der Waals surface area contributed by atoms with Crippen LogP contribution in [-0.4, -0.2) is 68.5 Å². The second kappa shape index (κ2) is 13.6. The van der Waals surface area contributed by atoms with Gasteiger partial charge in [-0.3, -0.25) is 32.8 Å². The van der Waals surface area contributed by atoms with Gasteiger partial charge in [0.05, 0.1) is 25.4 Å². The third-order valence-electron chi connectivity index (χ3n) is 5.38. The zero-order valence-corrected chi connectivity index (χ0v) is 26.0. The van der Waals surface area contributed by atoms with Crippen LogP contribution in [0, 0.1) is 12.3 Å². The van der Waals surface area contributed by atoms with Crippen LogP contribution < -0.4 is 11.2 Å². The van der Waals surface area contributed by atoms with E-state index in [0.29, 0.717) is 11.8 Å². The summed E-state index contributed by atoms with van der Waals surface area (Å²) in [5.41, 5.74) is 6.60. The number of hydrogen-bond acceptors (Lipinski definition) is 12. The number of aryl methyl sites for hydroxylation is 1. The van der Waals surface area contributed by atoms with Crippen LogP contribution in [0.2, 0.25) is 0 Å². The van der Waals surface area contributed by atoms with E-state index >= 15 is 0 Å². The third kappa shape index (κ3) is 8.96.